The van der Waals surface area contributed by atoms with E-state index in [0.29, 0.717) is 30.1 Å². The lowest BCUT2D eigenvalue weighted by Gasteiger charge is -2.32. The molecule has 192 valence electrons. The van der Waals surface area contributed by atoms with Crippen LogP contribution in [0.5, 0.6) is 5.75 Å². The summed E-state index contributed by atoms with van der Waals surface area (Å²) in [4.78, 5) is 51.8. The molecule has 0 atom stereocenters. The van der Waals surface area contributed by atoms with E-state index in [1.165, 1.54) is 0 Å². The zero-order chi connectivity index (χ0) is 26.5. The SMILES string of the molecule is N=C(C(N)=O)C1=C(Nc2ccc(OCC(N)=O)cc2)C(=O)N(c2ccc(N3CCCCC3=O)cc2)CC1. The number of anilines is 3. The average molecular weight is 505 g/mol. The minimum Gasteiger partial charge on any atom is -0.484 e. The monoisotopic (exact) mass is 504 g/mol. The van der Waals surface area contributed by atoms with Crippen LogP contribution in [0.2, 0.25) is 0 Å². The fourth-order valence-electron chi connectivity index (χ4n) is 4.31. The number of carbonyl (C=O) groups is 4. The number of amides is 4. The van der Waals surface area contributed by atoms with Gasteiger partial charge in [-0.1, -0.05) is 0 Å². The Morgan fingerprint density at radius 1 is 0.892 bits per heavy atom. The number of carbonyl (C=O) groups excluding carboxylic acids is 4. The molecule has 0 aromatic heterocycles. The predicted octanol–water partition coefficient (Wildman–Crippen LogP) is 1.68. The standard InChI is InChI=1S/C26H28N6O5/c27-21(33)15-37-19-10-4-16(5-11-19)30-24-20(23(28)25(29)35)12-14-32(26(24)36)18-8-6-17(7-9-18)31-13-2-1-3-22(31)34/h4-11,28,30H,1-3,12-15H2,(H2,27,33)(H2,29,35). The Hall–Kier alpha value is -4.67. The maximum Gasteiger partial charge on any atom is 0.275 e. The number of nitrogens with one attached hydrogen (secondary N) is 2. The summed E-state index contributed by atoms with van der Waals surface area (Å²) in [6, 6.07) is 13.6. The quantitative estimate of drug-likeness (QED) is 0.378. The molecule has 0 unspecified atom stereocenters. The Labute approximate surface area is 213 Å². The van der Waals surface area contributed by atoms with E-state index in [-0.39, 0.29) is 36.7 Å². The van der Waals surface area contributed by atoms with E-state index in [1.54, 1.807) is 46.2 Å². The summed E-state index contributed by atoms with van der Waals surface area (Å²) in [5, 5.41) is 11.2. The van der Waals surface area contributed by atoms with Crippen LogP contribution in [0.25, 0.3) is 0 Å². The van der Waals surface area contributed by atoms with Crippen molar-refractivity contribution in [1.82, 2.24) is 0 Å². The molecule has 11 heteroatoms. The molecular formula is C26H28N6O5. The molecule has 2 aromatic rings. The van der Waals surface area contributed by atoms with Crippen molar-refractivity contribution in [3.05, 3.63) is 59.8 Å². The fourth-order valence-corrected chi connectivity index (χ4v) is 4.31. The number of benzene rings is 2. The molecule has 1 saturated heterocycles. The van der Waals surface area contributed by atoms with E-state index >= 15 is 0 Å². The van der Waals surface area contributed by atoms with Gasteiger partial charge in [-0.15, -0.1) is 0 Å². The highest BCUT2D eigenvalue weighted by molar-refractivity contribution is 6.44. The highest BCUT2D eigenvalue weighted by atomic mass is 16.5. The molecule has 11 nitrogen and oxygen atoms in total. The third kappa shape index (κ3) is 5.77. The lowest BCUT2D eigenvalue weighted by Crippen LogP contribution is -2.42. The van der Waals surface area contributed by atoms with Gasteiger partial charge >= 0.3 is 0 Å². The first kappa shape index (κ1) is 25.4. The highest BCUT2D eigenvalue weighted by Crippen LogP contribution is 2.30. The van der Waals surface area contributed by atoms with Gasteiger partial charge in [0.05, 0.1) is 0 Å². The van der Waals surface area contributed by atoms with Gasteiger partial charge in [0, 0.05) is 42.1 Å². The van der Waals surface area contributed by atoms with Gasteiger partial charge in [0.2, 0.25) is 5.91 Å². The second-order valence-corrected chi connectivity index (χ2v) is 8.72. The molecule has 1 fully saturated rings. The van der Waals surface area contributed by atoms with E-state index in [0.717, 1.165) is 18.5 Å². The number of nitrogens with zero attached hydrogens (tertiary/aromatic N) is 2. The number of hydrogen-bond donors (Lipinski definition) is 4. The van der Waals surface area contributed by atoms with E-state index in [9.17, 15) is 19.2 Å². The predicted molar refractivity (Wildman–Crippen MR) is 138 cm³/mol. The van der Waals surface area contributed by atoms with E-state index < -0.39 is 23.4 Å². The van der Waals surface area contributed by atoms with Crippen LogP contribution in [0.1, 0.15) is 25.7 Å². The smallest absolute Gasteiger partial charge is 0.275 e. The molecule has 4 rings (SSSR count). The molecular weight excluding hydrogens is 476 g/mol. The molecule has 0 saturated carbocycles. The Bertz CT molecular complexity index is 1270. The van der Waals surface area contributed by atoms with Gasteiger partial charge in [-0.3, -0.25) is 24.6 Å². The summed E-state index contributed by atoms with van der Waals surface area (Å²) in [6.45, 7) is 0.648. The van der Waals surface area contributed by atoms with Crippen LogP contribution >= 0.6 is 0 Å². The fraction of sp³-hybridized carbons (Fsp3) is 0.269. The van der Waals surface area contributed by atoms with Crippen LogP contribution in [0.15, 0.2) is 59.8 Å². The Morgan fingerprint density at radius 2 is 1.54 bits per heavy atom. The molecule has 0 radical (unpaired) electrons. The van der Waals surface area contributed by atoms with Crippen molar-refractivity contribution >= 4 is 46.4 Å². The summed E-state index contributed by atoms with van der Waals surface area (Å²) >= 11 is 0. The maximum atomic E-state index is 13.6. The molecule has 37 heavy (non-hydrogen) atoms. The third-order valence-corrected chi connectivity index (χ3v) is 6.20. The van der Waals surface area contributed by atoms with Crippen molar-refractivity contribution in [2.75, 3.05) is 34.8 Å². The molecule has 0 bridgehead atoms. The van der Waals surface area contributed by atoms with Crippen LogP contribution in [0, 0.1) is 5.41 Å². The van der Waals surface area contributed by atoms with Gasteiger partial charge in [-0.25, -0.2) is 0 Å². The molecule has 6 N–H and O–H groups in total. The molecule has 0 spiro atoms. The highest BCUT2D eigenvalue weighted by Gasteiger charge is 2.32. The first-order valence-electron chi connectivity index (χ1n) is 11.9. The number of ether oxygens (including phenoxy) is 1. The van der Waals surface area contributed by atoms with E-state index in [4.69, 9.17) is 21.6 Å². The van der Waals surface area contributed by atoms with Crippen LogP contribution in [-0.2, 0) is 19.2 Å². The maximum absolute atomic E-state index is 13.6. The molecule has 0 aliphatic carbocycles. The lowest BCUT2D eigenvalue weighted by atomic mass is 9.98. The molecule has 2 aliphatic heterocycles. The van der Waals surface area contributed by atoms with Gasteiger partial charge < -0.3 is 31.3 Å². The van der Waals surface area contributed by atoms with E-state index in [2.05, 4.69) is 5.32 Å². The van der Waals surface area contributed by atoms with Crippen molar-refractivity contribution in [3.63, 3.8) is 0 Å². The lowest BCUT2D eigenvalue weighted by molar-refractivity contribution is -0.120. The van der Waals surface area contributed by atoms with Gasteiger partial charge in [-0.05, 0) is 67.8 Å². The van der Waals surface area contributed by atoms with Crippen molar-refractivity contribution in [2.45, 2.75) is 25.7 Å². The van der Waals surface area contributed by atoms with Crippen molar-refractivity contribution < 1.29 is 23.9 Å². The first-order valence-corrected chi connectivity index (χ1v) is 11.9. The summed E-state index contributed by atoms with van der Waals surface area (Å²) in [5.41, 5.74) is 12.2. The molecule has 2 heterocycles. The number of piperidine rings is 1. The zero-order valence-corrected chi connectivity index (χ0v) is 20.2. The largest absolute Gasteiger partial charge is 0.484 e. The van der Waals surface area contributed by atoms with Crippen LogP contribution in [-0.4, -0.2) is 49.0 Å². The summed E-state index contributed by atoms with van der Waals surface area (Å²) in [5.74, 6) is -1.47. The average Bonchev–Trinajstić information content (AvgIpc) is 2.89. The third-order valence-electron chi connectivity index (χ3n) is 6.20. The van der Waals surface area contributed by atoms with Gasteiger partial charge in [0.25, 0.3) is 17.7 Å². The Balaban J connectivity index is 1.57. The minimum absolute atomic E-state index is 0.0659. The number of hydrogen-bond acceptors (Lipinski definition) is 7. The van der Waals surface area contributed by atoms with Gasteiger partial charge in [0.15, 0.2) is 6.61 Å². The van der Waals surface area contributed by atoms with Crippen molar-refractivity contribution in [2.24, 2.45) is 11.5 Å². The molecule has 4 amide bonds. The Morgan fingerprint density at radius 3 is 2.14 bits per heavy atom. The Kier molecular flexibility index (Phi) is 7.52. The normalized spacial score (nSPS) is 16.0. The summed E-state index contributed by atoms with van der Waals surface area (Å²) in [6.07, 6.45) is 2.61. The zero-order valence-electron chi connectivity index (χ0n) is 20.2. The first-order chi connectivity index (χ1) is 17.7. The summed E-state index contributed by atoms with van der Waals surface area (Å²) < 4.78 is 5.25. The van der Waals surface area contributed by atoms with Crippen LogP contribution in [0.4, 0.5) is 17.1 Å². The number of primary amides is 2. The van der Waals surface area contributed by atoms with E-state index in [1.807, 2.05) is 12.1 Å². The van der Waals surface area contributed by atoms with Gasteiger partial charge in [-0.2, -0.15) is 0 Å². The minimum atomic E-state index is -0.929. The number of rotatable bonds is 9. The van der Waals surface area contributed by atoms with Crippen molar-refractivity contribution in [1.29, 1.82) is 5.41 Å². The molecule has 2 aliphatic rings. The van der Waals surface area contributed by atoms with Crippen molar-refractivity contribution in [3.8, 4) is 5.75 Å². The second kappa shape index (κ2) is 10.9. The van der Waals surface area contributed by atoms with Crippen LogP contribution < -0.4 is 31.3 Å². The molecule has 2 aromatic carbocycles. The topological polar surface area (TPSA) is 172 Å². The second-order valence-electron chi connectivity index (χ2n) is 8.72. The van der Waals surface area contributed by atoms with Gasteiger partial charge in [0.1, 0.15) is 17.2 Å². The number of nitrogens with two attached hydrogens (primary N) is 2. The van der Waals surface area contributed by atoms with Crippen LogP contribution in [0.3, 0.4) is 0 Å². The summed E-state index contributed by atoms with van der Waals surface area (Å²) in [7, 11) is 0.